The zero-order valence-electron chi connectivity index (χ0n) is 6.99. The smallest absolute Gasteiger partial charge is 0.130 e. The molecule has 0 saturated carbocycles. The summed E-state index contributed by atoms with van der Waals surface area (Å²) in [5.74, 6) is 0. The Morgan fingerprint density at radius 2 is 2.55 bits per heavy atom. The van der Waals surface area contributed by atoms with Gasteiger partial charge in [0.25, 0.3) is 0 Å². The second kappa shape index (κ2) is 2.86. The van der Waals surface area contributed by atoms with Gasteiger partial charge in [0, 0.05) is 6.54 Å². The molecule has 2 heteroatoms. The molecule has 2 aliphatic rings. The summed E-state index contributed by atoms with van der Waals surface area (Å²) in [7, 11) is 0. The van der Waals surface area contributed by atoms with Gasteiger partial charge in [-0.1, -0.05) is 13.0 Å². The SMILES string of the molecule is CCC1CN2C=CCCC2O1. The number of allylic oxidation sites excluding steroid dienone is 1. The molecule has 11 heavy (non-hydrogen) atoms. The van der Waals surface area contributed by atoms with Crippen LogP contribution in [0.25, 0.3) is 0 Å². The van der Waals surface area contributed by atoms with E-state index in [4.69, 9.17) is 4.74 Å². The zero-order valence-corrected chi connectivity index (χ0v) is 6.99. The number of ether oxygens (including phenoxy) is 1. The molecule has 1 fully saturated rings. The Morgan fingerprint density at radius 1 is 1.64 bits per heavy atom. The maximum Gasteiger partial charge on any atom is 0.130 e. The first-order valence-electron chi connectivity index (χ1n) is 4.48. The average Bonchev–Trinajstić information content (AvgIpc) is 2.46. The lowest BCUT2D eigenvalue weighted by molar-refractivity contribution is 0.00451. The van der Waals surface area contributed by atoms with Crippen molar-refractivity contribution >= 4 is 0 Å². The summed E-state index contributed by atoms with van der Waals surface area (Å²) in [6.45, 7) is 3.28. The van der Waals surface area contributed by atoms with Crippen molar-refractivity contribution in [1.29, 1.82) is 0 Å². The molecule has 2 nitrogen and oxygen atoms in total. The summed E-state index contributed by atoms with van der Waals surface area (Å²) in [5.41, 5.74) is 0. The average molecular weight is 153 g/mol. The van der Waals surface area contributed by atoms with E-state index in [1.807, 2.05) is 0 Å². The van der Waals surface area contributed by atoms with Crippen LogP contribution in [0.5, 0.6) is 0 Å². The van der Waals surface area contributed by atoms with Crippen molar-refractivity contribution in [3.63, 3.8) is 0 Å². The van der Waals surface area contributed by atoms with Gasteiger partial charge in [0.2, 0.25) is 0 Å². The van der Waals surface area contributed by atoms with E-state index in [9.17, 15) is 0 Å². The molecule has 0 aromatic carbocycles. The fourth-order valence-corrected chi connectivity index (χ4v) is 1.76. The Labute approximate surface area is 67.8 Å². The van der Waals surface area contributed by atoms with Gasteiger partial charge in [0.15, 0.2) is 0 Å². The fourth-order valence-electron chi connectivity index (χ4n) is 1.76. The van der Waals surface area contributed by atoms with Crippen LogP contribution in [0, 0.1) is 0 Å². The largest absolute Gasteiger partial charge is 0.353 e. The molecule has 1 saturated heterocycles. The van der Waals surface area contributed by atoms with Gasteiger partial charge in [0.05, 0.1) is 6.10 Å². The summed E-state index contributed by atoms with van der Waals surface area (Å²) < 4.78 is 5.79. The van der Waals surface area contributed by atoms with E-state index in [2.05, 4.69) is 24.1 Å². The van der Waals surface area contributed by atoms with Crippen LogP contribution >= 0.6 is 0 Å². The predicted molar refractivity (Wildman–Crippen MR) is 44.0 cm³/mol. The van der Waals surface area contributed by atoms with E-state index in [1.54, 1.807) is 0 Å². The molecule has 0 aliphatic carbocycles. The van der Waals surface area contributed by atoms with Crippen molar-refractivity contribution in [3.8, 4) is 0 Å². The third kappa shape index (κ3) is 1.27. The Kier molecular flexibility index (Phi) is 1.86. The predicted octanol–water partition coefficient (Wildman–Crippen LogP) is 1.73. The van der Waals surface area contributed by atoms with E-state index in [0.29, 0.717) is 12.3 Å². The van der Waals surface area contributed by atoms with Crippen LogP contribution in [-0.2, 0) is 4.74 Å². The van der Waals surface area contributed by atoms with E-state index in [1.165, 1.54) is 12.8 Å². The molecule has 2 unspecified atom stereocenters. The highest BCUT2D eigenvalue weighted by atomic mass is 16.5. The Morgan fingerprint density at radius 3 is 3.27 bits per heavy atom. The van der Waals surface area contributed by atoms with Gasteiger partial charge in [-0.2, -0.15) is 0 Å². The minimum absolute atomic E-state index is 0.393. The van der Waals surface area contributed by atoms with Gasteiger partial charge in [-0.15, -0.1) is 0 Å². The minimum Gasteiger partial charge on any atom is -0.353 e. The van der Waals surface area contributed by atoms with Crippen LogP contribution < -0.4 is 0 Å². The van der Waals surface area contributed by atoms with Crippen LogP contribution in [0.15, 0.2) is 12.3 Å². The highest BCUT2D eigenvalue weighted by Gasteiger charge is 2.30. The number of rotatable bonds is 1. The molecular formula is C9H15NO. The molecule has 2 aliphatic heterocycles. The number of hydrogen-bond acceptors (Lipinski definition) is 2. The van der Waals surface area contributed by atoms with Crippen molar-refractivity contribution in [2.45, 2.75) is 38.5 Å². The lowest BCUT2D eigenvalue weighted by Crippen LogP contribution is -2.26. The van der Waals surface area contributed by atoms with E-state index >= 15 is 0 Å². The van der Waals surface area contributed by atoms with Gasteiger partial charge >= 0.3 is 0 Å². The van der Waals surface area contributed by atoms with Gasteiger partial charge < -0.3 is 9.64 Å². The minimum atomic E-state index is 0.393. The van der Waals surface area contributed by atoms with Crippen LogP contribution in [0.3, 0.4) is 0 Å². The quantitative estimate of drug-likeness (QED) is 0.569. The summed E-state index contributed by atoms with van der Waals surface area (Å²) in [5, 5.41) is 0. The summed E-state index contributed by atoms with van der Waals surface area (Å²) in [4.78, 5) is 2.32. The van der Waals surface area contributed by atoms with Gasteiger partial charge in [-0.05, 0) is 25.5 Å². The summed E-state index contributed by atoms with van der Waals surface area (Å²) in [6, 6.07) is 0. The summed E-state index contributed by atoms with van der Waals surface area (Å²) in [6.07, 6.45) is 8.78. The van der Waals surface area contributed by atoms with Crippen LogP contribution in [0.2, 0.25) is 0 Å². The number of fused-ring (bicyclic) bond motifs is 1. The Bertz CT molecular complexity index is 167. The second-order valence-electron chi connectivity index (χ2n) is 3.28. The molecule has 0 aromatic heterocycles. The van der Waals surface area contributed by atoms with Crippen LogP contribution in [0.4, 0.5) is 0 Å². The molecule has 0 radical (unpaired) electrons. The van der Waals surface area contributed by atoms with Crippen LogP contribution in [0.1, 0.15) is 26.2 Å². The standard InChI is InChI=1S/C9H15NO/c1-2-8-7-10-6-4-3-5-9(10)11-8/h4,6,8-9H,2-3,5,7H2,1H3. The lowest BCUT2D eigenvalue weighted by atomic mass is 10.2. The summed E-state index contributed by atoms with van der Waals surface area (Å²) >= 11 is 0. The first kappa shape index (κ1) is 7.17. The molecule has 0 aromatic rings. The molecule has 0 spiro atoms. The fraction of sp³-hybridized carbons (Fsp3) is 0.778. The maximum atomic E-state index is 5.79. The van der Waals surface area contributed by atoms with E-state index in [0.717, 1.165) is 13.0 Å². The first-order valence-corrected chi connectivity index (χ1v) is 4.48. The third-order valence-electron chi connectivity index (χ3n) is 2.47. The van der Waals surface area contributed by atoms with Gasteiger partial charge in [0.1, 0.15) is 6.23 Å². The number of nitrogens with zero attached hydrogens (tertiary/aromatic N) is 1. The van der Waals surface area contributed by atoms with Gasteiger partial charge in [-0.3, -0.25) is 0 Å². The Balaban J connectivity index is 2.00. The molecule has 2 atom stereocenters. The molecule has 2 heterocycles. The normalized spacial score (nSPS) is 35.9. The molecular weight excluding hydrogens is 138 g/mol. The number of hydrogen-bond donors (Lipinski definition) is 0. The van der Waals surface area contributed by atoms with Crippen molar-refractivity contribution in [3.05, 3.63) is 12.3 Å². The highest BCUT2D eigenvalue weighted by Crippen LogP contribution is 2.25. The van der Waals surface area contributed by atoms with Crippen molar-refractivity contribution in [2.75, 3.05) is 6.54 Å². The molecule has 0 amide bonds. The third-order valence-corrected chi connectivity index (χ3v) is 2.47. The molecule has 0 N–H and O–H groups in total. The van der Waals surface area contributed by atoms with Crippen molar-refractivity contribution in [2.24, 2.45) is 0 Å². The second-order valence-corrected chi connectivity index (χ2v) is 3.28. The monoisotopic (exact) mass is 153 g/mol. The van der Waals surface area contributed by atoms with Crippen molar-refractivity contribution in [1.82, 2.24) is 4.90 Å². The molecule has 2 rings (SSSR count). The Hall–Kier alpha value is -0.500. The van der Waals surface area contributed by atoms with E-state index < -0.39 is 0 Å². The maximum absolute atomic E-state index is 5.79. The van der Waals surface area contributed by atoms with Crippen LogP contribution in [-0.4, -0.2) is 23.8 Å². The first-order chi connectivity index (χ1) is 5.40. The molecule has 0 bridgehead atoms. The lowest BCUT2D eigenvalue weighted by Gasteiger charge is -2.23. The topological polar surface area (TPSA) is 12.5 Å². The van der Waals surface area contributed by atoms with Crippen molar-refractivity contribution < 1.29 is 4.74 Å². The van der Waals surface area contributed by atoms with E-state index in [-0.39, 0.29) is 0 Å². The highest BCUT2D eigenvalue weighted by molar-refractivity contribution is 4.94. The van der Waals surface area contributed by atoms with Gasteiger partial charge in [-0.25, -0.2) is 0 Å². The zero-order chi connectivity index (χ0) is 7.68. The molecule has 62 valence electrons.